The molecule has 148 valence electrons. The number of aryl methyl sites for hydroxylation is 1. The fourth-order valence-electron chi connectivity index (χ4n) is 2.99. The van der Waals surface area contributed by atoms with Crippen LogP contribution >= 0.6 is 24.0 Å². The largest absolute Gasteiger partial charge is 0.355 e. The topological polar surface area (TPSA) is 67.1 Å². The van der Waals surface area contributed by atoms with Crippen LogP contribution in [0.1, 0.15) is 28.7 Å². The van der Waals surface area contributed by atoms with Crippen molar-refractivity contribution in [2.45, 2.75) is 19.4 Å². The Morgan fingerprint density at radius 1 is 0.964 bits per heavy atom. The summed E-state index contributed by atoms with van der Waals surface area (Å²) in [5.41, 5.74) is 2.55. The lowest BCUT2D eigenvalue weighted by atomic mass is 9.91. The van der Waals surface area contributed by atoms with E-state index in [2.05, 4.69) is 74.4 Å². The van der Waals surface area contributed by atoms with E-state index in [0.717, 1.165) is 24.2 Å². The van der Waals surface area contributed by atoms with Gasteiger partial charge in [-0.1, -0.05) is 60.7 Å². The van der Waals surface area contributed by atoms with Crippen LogP contribution in [0.4, 0.5) is 0 Å². The molecule has 0 unspecified atom stereocenters. The first-order valence-electron chi connectivity index (χ1n) is 9.08. The molecule has 0 bridgehead atoms. The number of benzene rings is 2. The maximum atomic E-state index is 4.34. The van der Waals surface area contributed by atoms with E-state index in [4.69, 9.17) is 0 Å². The standard InChI is InChI=1S/C21H26N6.HI/c1-16-25-26-20(27(16)3)15-24-21(22-2)23-14-19(17-10-6-4-7-11-17)18-12-8-5-9-13-18;/h4-13,19H,14-15H2,1-3H3,(H2,22,23,24);1H. The number of nitrogens with one attached hydrogen (secondary N) is 2. The number of rotatable bonds is 6. The number of aliphatic imine (C=N–C) groups is 1. The Labute approximate surface area is 183 Å². The first kappa shape index (κ1) is 21.9. The van der Waals surface area contributed by atoms with Gasteiger partial charge in [0.1, 0.15) is 5.82 Å². The Hall–Kier alpha value is -2.42. The summed E-state index contributed by atoms with van der Waals surface area (Å²) >= 11 is 0. The zero-order valence-corrected chi connectivity index (χ0v) is 18.8. The Bertz CT molecular complexity index is 837. The smallest absolute Gasteiger partial charge is 0.191 e. The fourth-order valence-corrected chi connectivity index (χ4v) is 2.99. The molecule has 0 radical (unpaired) electrons. The number of hydrogen-bond acceptors (Lipinski definition) is 3. The van der Waals surface area contributed by atoms with Gasteiger partial charge in [0, 0.05) is 26.6 Å². The van der Waals surface area contributed by atoms with Gasteiger partial charge in [-0.15, -0.1) is 34.2 Å². The van der Waals surface area contributed by atoms with Crippen molar-refractivity contribution in [3.8, 4) is 0 Å². The van der Waals surface area contributed by atoms with E-state index < -0.39 is 0 Å². The van der Waals surface area contributed by atoms with E-state index in [0.29, 0.717) is 6.54 Å². The monoisotopic (exact) mass is 490 g/mol. The first-order valence-corrected chi connectivity index (χ1v) is 9.08. The number of nitrogens with zero attached hydrogens (tertiary/aromatic N) is 4. The van der Waals surface area contributed by atoms with Crippen LogP contribution in [0.25, 0.3) is 0 Å². The van der Waals surface area contributed by atoms with Crippen LogP contribution in [0.15, 0.2) is 65.7 Å². The van der Waals surface area contributed by atoms with Crippen LogP contribution in [-0.4, -0.2) is 34.3 Å². The maximum absolute atomic E-state index is 4.34. The second kappa shape index (κ2) is 10.8. The molecular weight excluding hydrogens is 463 g/mol. The third-order valence-corrected chi connectivity index (χ3v) is 4.70. The number of hydrogen-bond donors (Lipinski definition) is 2. The molecule has 7 heteroatoms. The molecule has 1 heterocycles. The average molecular weight is 490 g/mol. The molecule has 6 nitrogen and oxygen atoms in total. The minimum absolute atomic E-state index is 0. The number of aromatic nitrogens is 3. The minimum atomic E-state index is 0. The summed E-state index contributed by atoms with van der Waals surface area (Å²) in [5, 5.41) is 15.0. The predicted molar refractivity (Wildman–Crippen MR) is 124 cm³/mol. The molecular formula is C21H27IN6. The SMILES string of the molecule is CN=C(NCc1nnc(C)n1C)NCC(c1ccccc1)c1ccccc1.I. The molecule has 0 saturated heterocycles. The van der Waals surface area contributed by atoms with Crippen molar-refractivity contribution >= 4 is 29.9 Å². The summed E-state index contributed by atoms with van der Waals surface area (Å²) in [4.78, 5) is 4.34. The highest BCUT2D eigenvalue weighted by atomic mass is 127. The number of halogens is 1. The Balaban J connectivity index is 0.00000280. The summed E-state index contributed by atoms with van der Waals surface area (Å²) in [6, 6.07) is 21.1. The third-order valence-electron chi connectivity index (χ3n) is 4.70. The Morgan fingerprint density at radius 2 is 1.54 bits per heavy atom. The molecule has 28 heavy (non-hydrogen) atoms. The van der Waals surface area contributed by atoms with Crippen LogP contribution in [0.2, 0.25) is 0 Å². The van der Waals surface area contributed by atoms with Gasteiger partial charge in [0.15, 0.2) is 11.8 Å². The van der Waals surface area contributed by atoms with E-state index in [1.54, 1.807) is 7.05 Å². The van der Waals surface area contributed by atoms with Crippen LogP contribution in [0.3, 0.4) is 0 Å². The third kappa shape index (κ3) is 5.54. The van der Waals surface area contributed by atoms with Crippen LogP contribution in [0, 0.1) is 6.92 Å². The van der Waals surface area contributed by atoms with Gasteiger partial charge in [0.05, 0.1) is 6.54 Å². The van der Waals surface area contributed by atoms with Crippen LogP contribution in [0.5, 0.6) is 0 Å². The van der Waals surface area contributed by atoms with Crippen molar-refractivity contribution in [3.05, 3.63) is 83.4 Å². The highest BCUT2D eigenvalue weighted by molar-refractivity contribution is 14.0. The molecule has 3 rings (SSSR count). The highest BCUT2D eigenvalue weighted by Crippen LogP contribution is 2.23. The summed E-state index contributed by atoms with van der Waals surface area (Å²) in [6.07, 6.45) is 0. The normalized spacial score (nSPS) is 11.2. The van der Waals surface area contributed by atoms with E-state index in [1.807, 2.05) is 30.7 Å². The van der Waals surface area contributed by atoms with E-state index in [-0.39, 0.29) is 29.9 Å². The fraction of sp³-hybridized carbons (Fsp3) is 0.286. The highest BCUT2D eigenvalue weighted by Gasteiger charge is 2.14. The van der Waals surface area contributed by atoms with Crippen LogP contribution < -0.4 is 10.6 Å². The van der Waals surface area contributed by atoms with Gasteiger partial charge >= 0.3 is 0 Å². The molecule has 0 amide bonds. The summed E-state index contributed by atoms with van der Waals surface area (Å²) in [6.45, 7) is 3.25. The minimum Gasteiger partial charge on any atom is -0.355 e. The number of guanidine groups is 1. The lowest BCUT2D eigenvalue weighted by molar-refractivity contribution is 0.697. The molecule has 0 aliphatic heterocycles. The van der Waals surface area contributed by atoms with Gasteiger partial charge < -0.3 is 15.2 Å². The van der Waals surface area contributed by atoms with Crippen LogP contribution in [-0.2, 0) is 13.6 Å². The van der Waals surface area contributed by atoms with Crippen molar-refractivity contribution in [2.75, 3.05) is 13.6 Å². The summed E-state index contributed by atoms with van der Waals surface area (Å²) in [7, 11) is 3.74. The molecule has 0 aliphatic rings. The average Bonchev–Trinajstić information content (AvgIpc) is 3.04. The second-order valence-corrected chi connectivity index (χ2v) is 6.40. The van der Waals surface area contributed by atoms with Crippen molar-refractivity contribution in [3.63, 3.8) is 0 Å². The summed E-state index contributed by atoms with van der Waals surface area (Å²) in [5.74, 6) is 2.75. The van der Waals surface area contributed by atoms with Gasteiger partial charge in [-0.05, 0) is 18.1 Å². The van der Waals surface area contributed by atoms with Crippen molar-refractivity contribution in [1.29, 1.82) is 0 Å². The van der Waals surface area contributed by atoms with Gasteiger partial charge in [-0.3, -0.25) is 4.99 Å². The molecule has 0 atom stereocenters. The van der Waals surface area contributed by atoms with Crippen molar-refractivity contribution in [2.24, 2.45) is 12.0 Å². The van der Waals surface area contributed by atoms with E-state index in [9.17, 15) is 0 Å². The first-order chi connectivity index (χ1) is 13.2. The maximum Gasteiger partial charge on any atom is 0.191 e. The zero-order valence-electron chi connectivity index (χ0n) is 16.5. The predicted octanol–water partition coefficient (Wildman–Crippen LogP) is 3.24. The Morgan fingerprint density at radius 3 is 2.00 bits per heavy atom. The van der Waals surface area contributed by atoms with Gasteiger partial charge in [-0.25, -0.2) is 0 Å². The molecule has 0 saturated carbocycles. The van der Waals surface area contributed by atoms with Crippen molar-refractivity contribution in [1.82, 2.24) is 25.4 Å². The molecule has 2 aromatic carbocycles. The molecule has 0 aliphatic carbocycles. The molecule has 3 aromatic rings. The second-order valence-electron chi connectivity index (χ2n) is 6.40. The Kier molecular flexibility index (Phi) is 8.43. The van der Waals surface area contributed by atoms with Crippen molar-refractivity contribution < 1.29 is 0 Å². The quantitative estimate of drug-likeness (QED) is 0.317. The summed E-state index contributed by atoms with van der Waals surface area (Å²) < 4.78 is 1.97. The lowest BCUT2D eigenvalue weighted by Gasteiger charge is -2.20. The molecule has 0 fully saturated rings. The zero-order chi connectivity index (χ0) is 19.1. The van der Waals surface area contributed by atoms with E-state index in [1.165, 1.54) is 11.1 Å². The van der Waals surface area contributed by atoms with Gasteiger partial charge in [0.2, 0.25) is 0 Å². The molecule has 0 spiro atoms. The lowest BCUT2D eigenvalue weighted by Crippen LogP contribution is -2.39. The van der Waals surface area contributed by atoms with Gasteiger partial charge in [0.25, 0.3) is 0 Å². The molecule has 2 N–H and O–H groups in total. The van der Waals surface area contributed by atoms with Gasteiger partial charge in [-0.2, -0.15) is 0 Å². The molecule has 1 aromatic heterocycles. The van der Waals surface area contributed by atoms with E-state index >= 15 is 0 Å².